The molecule has 1 fully saturated rings. The number of allylic oxidation sites excluding steroid dienone is 3. The summed E-state index contributed by atoms with van der Waals surface area (Å²) in [5, 5.41) is 0. The first-order valence-corrected chi connectivity index (χ1v) is 9.62. The number of primary amides is 1. The van der Waals surface area contributed by atoms with E-state index >= 15 is 0 Å². The van der Waals surface area contributed by atoms with Crippen LogP contribution in [0.15, 0.2) is 52.1 Å². The third-order valence-electron chi connectivity index (χ3n) is 5.86. The highest BCUT2D eigenvalue weighted by atomic mass is 16.1. The first-order chi connectivity index (χ1) is 12.0. The largest absolute Gasteiger partial charge is 0.366 e. The Bertz CT molecular complexity index is 674. The average molecular weight is 338 g/mol. The highest BCUT2D eigenvalue weighted by Gasteiger charge is 2.44. The second-order valence-electron chi connectivity index (χ2n) is 7.71. The Morgan fingerprint density at radius 3 is 2.76 bits per heavy atom. The summed E-state index contributed by atoms with van der Waals surface area (Å²) in [4.78, 5) is 16.5. The Labute approximate surface area is 151 Å². The van der Waals surface area contributed by atoms with Crippen molar-refractivity contribution in [3.05, 3.63) is 47.1 Å². The van der Waals surface area contributed by atoms with Gasteiger partial charge in [-0.05, 0) is 50.2 Å². The molecule has 3 nitrogen and oxygen atoms in total. The van der Waals surface area contributed by atoms with E-state index in [1.54, 1.807) is 0 Å². The van der Waals surface area contributed by atoms with Gasteiger partial charge in [0, 0.05) is 24.6 Å². The zero-order valence-electron chi connectivity index (χ0n) is 15.5. The van der Waals surface area contributed by atoms with Crippen LogP contribution in [0.1, 0.15) is 58.8 Å². The van der Waals surface area contributed by atoms with E-state index in [-0.39, 0.29) is 5.54 Å². The van der Waals surface area contributed by atoms with Crippen LogP contribution in [0.5, 0.6) is 0 Å². The Morgan fingerprint density at radius 2 is 2.08 bits per heavy atom. The number of carbonyl (C=O) groups is 1. The zero-order valence-corrected chi connectivity index (χ0v) is 15.5. The molecule has 0 heterocycles. The summed E-state index contributed by atoms with van der Waals surface area (Å²) < 4.78 is 0. The lowest BCUT2D eigenvalue weighted by molar-refractivity contribution is -0.113. The quantitative estimate of drug-likeness (QED) is 0.452. The number of hydrogen-bond donors (Lipinski definition) is 1. The predicted octanol–water partition coefficient (Wildman–Crippen LogP) is 4.66. The summed E-state index contributed by atoms with van der Waals surface area (Å²) in [5.41, 5.74) is 8.88. The van der Waals surface area contributed by atoms with E-state index in [9.17, 15) is 4.79 Å². The van der Waals surface area contributed by atoms with Crippen LogP contribution < -0.4 is 5.73 Å². The maximum atomic E-state index is 11.3. The van der Waals surface area contributed by atoms with Gasteiger partial charge in [-0.1, -0.05) is 49.1 Å². The summed E-state index contributed by atoms with van der Waals surface area (Å²) in [6, 6.07) is 0. The van der Waals surface area contributed by atoms with Gasteiger partial charge in [0.1, 0.15) is 5.54 Å². The lowest BCUT2D eigenvalue weighted by atomic mass is 9.64. The Balaban J connectivity index is 2.00. The molecule has 1 amide bonds. The molecule has 3 rings (SSSR count). The molecule has 25 heavy (non-hydrogen) atoms. The molecule has 0 radical (unpaired) electrons. The Morgan fingerprint density at radius 1 is 1.32 bits per heavy atom. The van der Waals surface area contributed by atoms with Gasteiger partial charge in [0.05, 0.1) is 0 Å². The maximum Gasteiger partial charge on any atom is 0.241 e. The smallest absolute Gasteiger partial charge is 0.241 e. The summed E-state index contributed by atoms with van der Waals surface area (Å²) in [6.45, 7) is 4.31. The van der Waals surface area contributed by atoms with Crippen LogP contribution in [0.25, 0.3) is 0 Å². The van der Waals surface area contributed by atoms with Gasteiger partial charge in [0.15, 0.2) is 0 Å². The molecule has 3 heteroatoms. The number of nitrogens with two attached hydrogens (primary N) is 1. The van der Waals surface area contributed by atoms with E-state index in [2.05, 4.69) is 38.3 Å². The Kier molecular flexibility index (Phi) is 5.41. The van der Waals surface area contributed by atoms with Gasteiger partial charge in [0.2, 0.25) is 5.91 Å². The molecular weight excluding hydrogens is 308 g/mol. The third kappa shape index (κ3) is 3.70. The van der Waals surface area contributed by atoms with Gasteiger partial charge >= 0.3 is 0 Å². The standard InChI is InChI=1S/C22H30N2O/c1-3-20-18-9-10-19(11-12-21(23)25)22(20,14-16(2)13-18)24-15-17-7-5-4-6-8-17/h3,10-13,15,17-18H,4-9,14H2,1-2H3,(H2,23,25)/b12-11-,20-3+,24-15?. The fraction of sp³-hybridized carbons (Fsp3) is 0.545. The highest BCUT2D eigenvalue weighted by Crippen LogP contribution is 2.49. The number of aliphatic imine (C=N–C) groups is 1. The summed E-state index contributed by atoms with van der Waals surface area (Å²) in [6.07, 6.45) is 20.8. The van der Waals surface area contributed by atoms with Crippen molar-refractivity contribution in [2.75, 3.05) is 0 Å². The number of amides is 1. The lowest BCUT2D eigenvalue weighted by Gasteiger charge is -2.44. The summed E-state index contributed by atoms with van der Waals surface area (Å²) >= 11 is 0. The van der Waals surface area contributed by atoms with Crippen LogP contribution in [-0.4, -0.2) is 17.7 Å². The van der Waals surface area contributed by atoms with E-state index in [1.165, 1.54) is 49.3 Å². The average Bonchev–Trinajstić information content (AvgIpc) is 2.59. The minimum atomic E-state index is -0.403. The van der Waals surface area contributed by atoms with Crippen LogP contribution in [0.4, 0.5) is 0 Å². The maximum absolute atomic E-state index is 11.3. The molecule has 2 atom stereocenters. The first kappa shape index (κ1) is 17.9. The fourth-order valence-electron chi connectivity index (χ4n) is 4.73. The second-order valence-corrected chi connectivity index (χ2v) is 7.71. The normalized spacial score (nSPS) is 32.2. The van der Waals surface area contributed by atoms with Crippen molar-refractivity contribution in [3.63, 3.8) is 0 Å². The molecular formula is C22H30N2O. The number of rotatable bonds is 4. The number of nitrogens with zero attached hydrogens (tertiary/aromatic N) is 1. The van der Waals surface area contributed by atoms with Crippen molar-refractivity contribution in [1.29, 1.82) is 0 Å². The molecule has 0 aromatic rings. The van der Waals surface area contributed by atoms with Crippen LogP contribution >= 0.6 is 0 Å². The topological polar surface area (TPSA) is 55.4 Å². The highest BCUT2D eigenvalue weighted by molar-refractivity contribution is 5.86. The molecule has 0 saturated heterocycles. The van der Waals surface area contributed by atoms with E-state index in [4.69, 9.17) is 10.7 Å². The van der Waals surface area contributed by atoms with Crippen molar-refractivity contribution < 1.29 is 4.79 Å². The van der Waals surface area contributed by atoms with Crippen LogP contribution in [-0.2, 0) is 4.79 Å². The summed E-state index contributed by atoms with van der Waals surface area (Å²) in [7, 11) is 0. The SMILES string of the molecule is C/C=C1\C2C=C(C)CC1(N=CC1CCCCC1)C(/C=C\C(N)=O)=CC2. The number of fused-ring (bicyclic) bond motifs is 2. The van der Waals surface area contributed by atoms with Crippen molar-refractivity contribution in [2.45, 2.75) is 64.3 Å². The van der Waals surface area contributed by atoms with E-state index in [0.29, 0.717) is 11.8 Å². The molecule has 1 saturated carbocycles. The zero-order chi connectivity index (χ0) is 17.9. The van der Waals surface area contributed by atoms with Gasteiger partial charge in [0.25, 0.3) is 0 Å². The molecule has 134 valence electrons. The minimum Gasteiger partial charge on any atom is -0.366 e. The van der Waals surface area contributed by atoms with Gasteiger partial charge in [-0.3, -0.25) is 9.79 Å². The van der Waals surface area contributed by atoms with Gasteiger partial charge in [-0.15, -0.1) is 0 Å². The molecule has 2 N–H and O–H groups in total. The lowest BCUT2D eigenvalue weighted by Crippen LogP contribution is -2.40. The van der Waals surface area contributed by atoms with Crippen molar-refractivity contribution in [2.24, 2.45) is 22.6 Å². The molecule has 0 aromatic carbocycles. The van der Waals surface area contributed by atoms with Gasteiger partial charge < -0.3 is 5.73 Å². The van der Waals surface area contributed by atoms with E-state index < -0.39 is 5.91 Å². The summed E-state index contributed by atoms with van der Waals surface area (Å²) in [5.74, 6) is 0.613. The second kappa shape index (κ2) is 7.55. The Hall–Kier alpha value is -1.90. The number of carbonyl (C=O) groups excluding carboxylic acids is 1. The molecule has 3 aliphatic rings. The minimum absolute atomic E-state index is 0.347. The molecule has 0 aromatic heterocycles. The van der Waals surface area contributed by atoms with Crippen molar-refractivity contribution in [1.82, 2.24) is 0 Å². The molecule has 2 unspecified atom stereocenters. The van der Waals surface area contributed by atoms with Gasteiger partial charge in [-0.2, -0.15) is 0 Å². The van der Waals surface area contributed by atoms with E-state index in [1.807, 2.05) is 6.08 Å². The molecule has 3 aliphatic carbocycles. The van der Waals surface area contributed by atoms with Crippen LogP contribution in [0.2, 0.25) is 0 Å². The first-order valence-electron chi connectivity index (χ1n) is 9.62. The van der Waals surface area contributed by atoms with Crippen LogP contribution in [0, 0.1) is 11.8 Å². The number of hydrogen-bond acceptors (Lipinski definition) is 2. The molecule has 0 spiro atoms. The third-order valence-corrected chi connectivity index (χ3v) is 5.86. The monoisotopic (exact) mass is 338 g/mol. The van der Waals surface area contributed by atoms with Crippen molar-refractivity contribution >= 4 is 12.1 Å². The predicted molar refractivity (Wildman–Crippen MR) is 104 cm³/mol. The molecule has 0 aliphatic heterocycles. The molecule has 2 bridgehead atoms. The van der Waals surface area contributed by atoms with Crippen LogP contribution in [0.3, 0.4) is 0 Å². The van der Waals surface area contributed by atoms with Crippen molar-refractivity contribution in [3.8, 4) is 0 Å². The van der Waals surface area contributed by atoms with E-state index in [0.717, 1.165) is 18.4 Å². The fourth-order valence-corrected chi connectivity index (χ4v) is 4.73. The van der Waals surface area contributed by atoms with Gasteiger partial charge in [-0.25, -0.2) is 0 Å².